The second-order valence-electron chi connectivity index (χ2n) is 5.69. The lowest BCUT2D eigenvalue weighted by Crippen LogP contribution is -2.37. The van der Waals surface area contributed by atoms with E-state index < -0.39 is 0 Å². The van der Waals surface area contributed by atoms with Gasteiger partial charge in [0.15, 0.2) is 10.8 Å². The summed E-state index contributed by atoms with van der Waals surface area (Å²) < 4.78 is 0. The van der Waals surface area contributed by atoms with Crippen molar-refractivity contribution in [2.24, 2.45) is 0 Å². The van der Waals surface area contributed by atoms with Crippen molar-refractivity contribution >= 4 is 17.2 Å². The van der Waals surface area contributed by atoms with Crippen LogP contribution in [0.4, 0.5) is 0 Å². The number of carbonyl (C=O) groups is 1. The first-order chi connectivity index (χ1) is 11.8. The summed E-state index contributed by atoms with van der Waals surface area (Å²) in [7, 11) is 0. The molecular weight excluding hydrogens is 324 g/mol. The zero-order valence-electron chi connectivity index (χ0n) is 13.6. The third-order valence-electron chi connectivity index (χ3n) is 3.83. The summed E-state index contributed by atoms with van der Waals surface area (Å²) in [6, 6.07) is 1.77. The molecule has 128 valence electrons. The van der Waals surface area contributed by atoms with Crippen LogP contribution in [-0.2, 0) is 11.2 Å². The normalized spacial score (nSPS) is 15.8. The molecule has 1 saturated heterocycles. The number of amides is 1. The molecule has 2 aromatic heterocycles. The molecule has 1 fully saturated rings. The van der Waals surface area contributed by atoms with Crippen LogP contribution in [0.2, 0.25) is 0 Å². The Balaban J connectivity index is 1.43. The Morgan fingerprint density at radius 3 is 3.04 bits per heavy atom. The van der Waals surface area contributed by atoms with Crippen LogP contribution in [0.1, 0.15) is 12.1 Å². The van der Waals surface area contributed by atoms with Crippen molar-refractivity contribution in [3.8, 4) is 10.8 Å². The van der Waals surface area contributed by atoms with Gasteiger partial charge in [-0.2, -0.15) is 0 Å². The van der Waals surface area contributed by atoms with Gasteiger partial charge in [0, 0.05) is 44.0 Å². The zero-order chi connectivity index (χ0) is 16.6. The van der Waals surface area contributed by atoms with Gasteiger partial charge < -0.3 is 15.5 Å². The van der Waals surface area contributed by atoms with Crippen LogP contribution < -0.4 is 10.6 Å². The van der Waals surface area contributed by atoms with Gasteiger partial charge in [0.1, 0.15) is 0 Å². The summed E-state index contributed by atoms with van der Waals surface area (Å²) in [6.45, 7) is 5.82. The molecule has 2 aromatic rings. The number of hydrogen-bond donors (Lipinski definition) is 2. The Morgan fingerprint density at radius 1 is 1.29 bits per heavy atom. The molecule has 0 saturated carbocycles. The first kappa shape index (κ1) is 16.9. The molecule has 0 radical (unpaired) electrons. The van der Waals surface area contributed by atoms with Gasteiger partial charge in [-0.15, -0.1) is 11.3 Å². The first-order valence-electron chi connectivity index (χ1n) is 8.23. The predicted molar refractivity (Wildman–Crippen MR) is 93.8 cm³/mol. The maximum absolute atomic E-state index is 12.1. The Labute approximate surface area is 145 Å². The number of carbonyl (C=O) groups excluding carboxylic acids is 1. The molecule has 0 unspecified atom stereocenters. The van der Waals surface area contributed by atoms with E-state index in [4.69, 9.17) is 0 Å². The molecular formula is C16H22N6OS. The van der Waals surface area contributed by atoms with E-state index >= 15 is 0 Å². The average Bonchev–Trinajstić information content (AvgIpc) is 2.90. The highest BCUT2D eigenvalue weighted by atomic mass is 32.1. The van der Waals surface area contributed by atoms with Crippen molar-refractivity contribution in [3.05, 3.63) is 29.5 Å². The quantitative estimate of drug-likeness (QED) is 0.795. The number of aromatic nitrogens is 3. The fourth-order valence-electron chi connectivity index (χ4n) is 2.61. The van der Waals surface area contributed by atoms with E-state index in [9.17, 15) is 4.79 Å². The van der Waals surface area contributed by atoms with E-state index in [1.807, 2.05) is 5.38 Å². The number of thiazole rings is 1. The number of nitrogens with zero attached hydrogens (tertiary/aromatic N) is 4. The molecule has 7 nitrogen and oxygen atoms in total. The van der Waals surface area contributed by atoms with E-state index in [2.05, 4.69) is 30.5 Å². The van der Waals surface area contributed by atoms with Gasteiger partial charge in [-0.1, -0.05) is 0 Å². The zero-order valence-corrected chi connectivity index (χ0v) is 14.4. The molecule has 0 aromatic carbocycles. The topological polar surface area (TPSA) is 83.0 Å². The largest absolute Gasteiger partial charge is 0.354 e. The van der Waals surface area contributed by atoms with Gasteiger partial charge in [-0.25, -0.2) is 15.0 Å². The predicted octanol–water partition coefficient (Wildman–Crippen LogP) is 0.554. The third-order valence-corrected chi connectivity index (χ3v) is 4.72. The highest BCUT2D eigenvalue weighted by Crippen LogP contribution is 2.19. The monoisotopic (exact) mass is 346 g/mol. The van der Waals surface area contributed by atoms with Crippen LogP contribution in [-0.4, -0.2) is 65.0 Å². The van der Waals surface area contributed by atoms with Gasteiger partial charge >= 0.3 is 0 Å². The van der Waals surface area contributed by atoms with Crippen LogP contribution >= 0.6 is 11.3 Å². The molecule has 2 N–H and O–H groups in total. The SMILES string of the molecule is O=C(Cc1csc(-c2ncccn2)n1)NCCN1CCCNCC1. The van der Waals surface area contributed by atoms with E-state index in [1.54, 1.807) is 18.5 Å². The first-order valence-corrected chi connectivity index (χ1v) is 9.11. The van der Waals surface area contributed by atoms with Crippen LogP contribution in [0.15, 0.2) is 23.8 Å². The smallest absolute Gasteiger partial charge is 0.226 e. The molecule has 1 aliphatic heterocycles. The van der Waals surface area contributed by atoms with E-state index in [0.717, 1.165) is 49.8 Å². The summed E-state index contributed by atoms with van der Waals surface area (Å²) >= 11 is 1.46. The Hall–Kier alpha value is -1.90. The lowest BCUT2D eigenvalue weighted by Gasteiger charge is -2.19. The fraction of sp³-hybridized carbons (Fsp3) is 0.500. The third kappa shape index (κ3) is 5.05. The maximum Gasteiger partial charge on any atom is 0.226 e. The van der Waals surface area contributed by atoms with Crippen LogP contribution in [0.25, 0.3) is 10.8 Å². The Kier molecular flexibility index (Phi) is 6.22. The lowest BCUT2D eigenvalue weighted by atomic mass is 10.3. The molecule has 24 heavy (non-hydrogen) atoms. The van der Waals surface area contributed by atoms with E-state index in [-0.39, 0.29) is 5.91 Å². The van der Waals surface area contributed by atoms with Gasteiger partial charge in [-0.05, 0) is 25.6 Å². The van der Waals surface area contributed by atoms with E-state index in [1.165, 1.54) is 11.3 Å². The standard InChI is InChI=1S/C16H22N6OS/c23-14(18-7-10-22-8-2-3-17-6-9-22)11-13-12-24-16(21-13)15-19-4-1-5-20-15/h1,4-5,12,17H,2-3,6-11H2,(H,18,23). The molecule has 0 bridgehead atoms. The van der Waals surface area contributed by atoms with Crippen molar-refractivity contribution < 1.29 is 4.79 Å². The second-order valence-corrected chi connectivity index (χ2v) is 6.55. The van der Waals surface area contributed by atoms with Crippen LogP contribution in [0.5, 0.6) is 0 Å². The summed E-state index contributed by atoms with van der Waals surface area (Å²) in [5, 5.41) is 9.00. The molecule has 1 aliphatic rings. The number of hydrogen-bond acceptors (Lipinski definition) is 7. The molecule has 0 spiro atoms. The summed E-state index contributed by atoms with van der Waals surface area (Å²) in [5.41, 5.74) is 0.763. The van der Waals surface area contributed by atoms with Crippen LogP contribution in [0.3, 0.4) is 0 Å². The van der Waals surface area contributed by atoms with Crippen molar-refractivity contribution in [2.45, 2.75) is 12.8 Å². The minimum absolute atomic E-state index is 0.00813. The number of rotatable bonds is 6. The maximum atomic E-state index is 12.1. The number of nitrogens with one attached hydrogen (secondary N) is 2. The van der Waals surface area contributed by atoms with Crippen molar-refractivity contribution in [1.29, 1.82) is 0 Å². The Morgan fingerprint density at radius 2 is 2.17 bits per heavy atom. The molecule has 8 heteroatoms. The molecule has 3 heterocycles. The van der Waals surface area contributed by atoms with Gasteiger partial charge in [-0.3, -0.25) is 4.79 Å². The minimum Gasteiger partial charge on any atom is -0.354 e. The van der Waals surface area contributed by atoms with Gasteiger partial charge in [0.25, 0.3) is 0 Å². The lowest BCUT2D eigenvalue weighted by molar-refractivity contribution is -0.120. The van der Waals surface area contributed by atoms with Crippen molar-refractivity contribution in [2.75, 3.05) is 39.3 Å². The summed E-state index contributed by atoms with van der Waals surface area (Å²) in [6.07, 6.45) is 4.84. The van der Waals surface area contributed by atoms with Crippen LogP contribution in [0, 0.1) is 0 Å². The molecule has 3 rings (SSSR count). The van der Waals surface area contributed by atoms with Crippen molar-refractivity contribution in [1.82, 2.24) is 30.5 Å². The second kappa shape index (κ2) is 8.81. The molecule has 0 atom stereocenters. The highest BCUT2D eigenvalue weighted by molar-refractivity contribution is 7.13. The van der Waals surface area contributed by atoms with Gasteiger partial charge in [0.05, 0.1) is 12.1 Å². The average molecular weight is 346 g/mol. The summed E-state index contributed by atoms with van der Waals surface area (Å²) in [5.74, 6) is 0.609. The fourth-order valence-corrected chi connectivity index (χ4v) is 3.37. The summed E-state index contributed by atoms with van der Waals surface area (Å²) in [4.78, 5) is 27.2. The highest BCUT2D eigenvalue weighted by Gasteiger charge is 2.11. The van der Waals surface area contributed by atoms with Gasteiger partial charge in [0.2, 0.25) is 5.91 Å². The molecule has 0 aliphatic carbocycles. The molecule has 1 amide bonds. The van der Waals surface area contributed by atoms with Crippen molar-refractivity contribution in [3.63, 3.8) is 0 Å². The van der Waals surface area contributed by atoms with E-state index in [0.29, 0.717) is 18.8 Å². The minimum atomic E-state index is 0.00813. The Bertz CT molecular complexity index is 639.